The van der Waals surface area contributed by atoms with Gasteiger partial charge in [-0.3, -0.25) is 0 Å². The van der Waals surface area contributed by atoms with Crippen molar-refractivity contribution in [2.45, 2.75) is 38.0 Å². The van der Waals surface area contributed by atoms with Crippen LogP contribution in [-0.2, 0) is 9.47 Å². The number of hydrogen-bond acceptors (Lipinski definition) is 3. The van der Waals surface area contributed by atoms with E-state index in [0.717, 1.165) is 12.8 Å². The zero-order valence-corrected chi connectivity index (χ0v) is 8.27. The van der Waals surface area contributed by atoms with Crippen molar-refractivity contribution in [2.24, 2.45) is 5.92 Å². The Balaban J connectivity index is 2.59. The molecule has 74 valence electrons. The summed E-state index contributed by atoms with van der Waals surface area (Å²) in [6, 6.07) is -0.290. The molecule has 0 aromatic rings. The molecule has 2 radical (unpaired) electrons. The van der Waals surface area contributed by atoms with E-state index in [4.69, 9.17) is 22.4 Å². The van der Waals surface area contributed by atoms with Crippen molar-refractivity contribution in [1.82, 2.24) is 0 Å². The fourth-order valence-corrected chi connectivity index (χ4v) is 1.98. The summed E-state index contributed by atoms with van der Waals surface area (Å²) in [5.74, 6) is 0.215. The van der Waals surface area contributed by atoms with Gasteiger partial charge in [0, 0.05) is 19.0 Å². The van der Waals surface area contributed by atoms with Gasteiger partial charge in [0.2, 0.25) is 0 Å². The quantitative estimate of drug-likeness (QED) is 0.638. The maximum atomic E-state index is 9.01. The lowest BCUT2D eigenvalue weighted by molar-refractivity contribution is -0.0237. The molecule has 1 heterocycles. The molecule has 4 heteroatoms. The van der Waals surface area contributed by atoms with Crippen LogP contribution in [0, 0.1) is 5.92 Å². The summed E-state index contributed by atoms with van der Waals surface area (Å²) in [4.78, 5) is 0. The molecule has 13 heavy (non-hydrogen) atoms. The number of methoxy groups -OCH3 is 1. The Labute approximate surface area is 80.8 Å². The van der Waals surface area contributed by atoms with Crippen molar-refractivity contribution in [3.05, 3.63) is 0 Å². The summed E-state index contributed by atoms with van der Waals surface area (Å²) in [5, 5.41) is 9.01. The Bertz CT molecular complexity index is 154. The van der Waals surface area contributed by atoms with Gasteiger partial charge in [-0.05, 0) is 6.42 Å². The summed E-state index contributed by atoms with van der Waals surface area (Å²) in [5.41, 5.74) is 0. The Kier molecular flexibility index (Phi) is 4.23. The Morgan fingerprint density at radius 1 is 1.54 bits per heavy atom. The van der Waals surface area contributed by atoms with Gasteiger partial charge in [-0.25, -0.2) is 0 Å². The summed E-state index contributed by atoms with van der Waals surface area (Å²) in [7, 11) is 7.42. The lowest BCUT2D eigenvalue weighted by atomic mass is 9.82. The smallest absolute Gasteiger partial charge is 0.109 e. The lowest BCUT2D eigenvalue weighted by Crippen LogP contribution is -2.31. The van der Waals surface area contributed by atoms with Gasteiger partial charge in [0.15, 0.2) is 0 Å². The second-order valence-electron chi connectivity index (χ2n) is 3.47. The molecule has 4 atom stereocenters. The molecule has 4 unspecified atom stereocenters. The fraction of sp³-hybridized carbons (Fsp3) is 1.00. The molecule has 1 rings (SSSR count). The van der Waals surface area contributed by atoms with Crippen LogP contribution in [-0.4, -0.2) is 44.9 Å². The van der Waals surface area contributed by atoms with E-state index in [9.17, 15) is 0 Å². The van der Waals surface area contributed by atoms with E-state index in [1.54, 1.807) is 7.11 Å². The second kappa shape index (κ2) is 4.98. The van der Waals surface area contributed by atoms with Gasteiger partial charge in [0.1, 0.15) is 14.0 Å². The molecule has 1 aliphatic heterocycles. The normalized spacial score (nSPS) is 39.6. The Morgan fingerprint density at radius 2 is 2.23 bits per heavy atom. The van der Waals surface area contributed by atoms with Crippen molar-refractivity contribution in [2.75, 3.05) is 13.7 Å². The van der Waals surface area contributed by atoms with Crippen LogP contribution in [0.5, 0.6) is 0 Å². The first-order valence-electron chi connectivity index (χ1n) is 4.79. The first-order chi connectivity index (χ1) is 6.24. The van der Waals surface area contributed by atoms with Crippen LogP contribution in [0.25, 0.3) is 0 Å². The summed E-state index contributed by atoms with van der Waals surface area (Å²) < 4.78 is 10.7. The van der Waals surface area contributed by atoms with E-state index in [-0.39, 0.29) is 30.7 Å². The van der Waals surface area contributed by atoms with Crippen molar-refractivity contribution in [1.29, 1.82) is 0 Å². The van der Waals surface area contributed by atoms with Gasteiger partial charge in [-0.15, -0.1) is 0 Å². The first kappa shape index (κ1) is 11.0. The maximum Gasteiger partial charge on any atom is 0.109 e. The number of ether oxygens (including phenoxy) is 2. The average molecular weight is 184 g/mol. The summed E-state index contributed by atoms with van der Waals surface area (Å²) in [6.45, 7) is 2.08. The maximum absolute atomic E-state index is 9.01. The molecule has 0 aromatic heterocycles. The molecule has 0 amide bonds. The van der Waals surface area contributed by atoms with Crippen molar-refractivity contribution in [3.8, 4) is 0 Å². The van der Waals surface area contributed by atoms with E-state index >= 15 is 0 Å². The molecule has 3 nitrogen and oxygen atoms in total. The fourth-order valence-electron chi connectivity index (χ4n) is 1.98. The monoisotopic (exact) mass is 184 g/mol. The predicted molar refractivity (Wildman–Crippen MR) is 50.7 cm³/mol. The zero-order valence-electron chi connectivity index (χ0n) is 8.27. The third kappa shape index (κ3) is 2.24. The van der Waals surface area contributed by atoms with E-state index in [2.05, 4.69) is 6.92 Å². The van der Waals surface area contributed by atoms with Gasteiger partial charge in [0.25, 0.3) is 0 Å². The molecule has 1 saturated heterocycles. The van der Waals surface area contributed by atoms with Crippen LogP contribution in [0.3, 0.4) is 0 Å². The van der Waals surface area contributed by atoms with Crippen molar-refractivity contribution < 1.29 is 14.6 Å². The van der Waals surface area contributed by atoms with Crippen LogP contribution in [0.1, 0.15) is 19.8 Å². The van der Waals surface area contributed by atoms with Gasteiger partial charge in [0.05, 0.1) is 12.7 Å². The minimum absolute atomic E-state index is 0.0214. The highest BCUT2D eigenvalue weighted by Crippen LogP contribution is 2.30. The molecule has 0 spiro atoms. The Morgan fingerprint density at radius 3 is 2.69 bits per heavy atom. The number of aliphatic hydroxyl groups is 1. The second-order valence-corrected chi connectivity index (χ2v) is 3.47. The Hall–Kier alpha value is -0.0551. The molecule has 0 aliphatic carbocycles. The molecule has 0 bridgehead atoms. The van der Waals surface area contributed by atoms with Gasteiger partial charge in [-0.1, -0.05) is 13.3 Å². The zero-order chi connectivity index (χ0) is 9.84. The van der Waals surface area contributed by atoms with Crippen LogP contribution < -0.4 is 0 Å². The molecule has 1 N–H and O–H groups in total. The van der Waals surface area contributed by atoms with Crippen LogP contribution >= 0.6 is 0 Å². The highest BCUT2D eigenvalue weighted by molar-refractivity contribution is 6.11. The van der Waals surface area contributed by atoms with E-state index in [1.165, 1.54) is 0 Å². The molecular weight excluding hydrogens is 167 g/mol. The molecule has 1 aliphatic rings. The minimum Gasteiger partial charge on any atom is -0.394 e. The van der Waals surface area contributed by atoms with Crippen LogP contribution in [0.4, 0.5) is 0 Å². The van der Waals surface area contributed by atoms with Crippen LogP contribution in [0.2, 0.25) is 0 Å². The van der Waals surface area contributed by atoms with Gasteiger partial charge < -0.3 is 14.6 Å². The topological polar surface area (TPSA) is 38.7 Å². The molecule has 0 saturated carbocycles. The van der Waals surface area contributed by atoms with E-state index in [0.29, 0.717) is 0 Å². The van der Waals surface area contributed by atoms with Gasteiger partial charge >= 0.3 is 0 Å². The molecular formula is C9H17BO3. The summed E-state index contributed by atoms with van der Waals surface area (Å²) >= 11 is 0. The third-order valence-corrected chi connectivity index (χ3v) is 2.62. The highest BCUT2D eigenvalue weighted by atomic mass is 16.6. The van der Waals surface area contributed by atoms with Crippen LogP contribution in [0.15, 0.2) is 0 Å². The van der Waals surface area contributed by atoms with Crippen molar-refractivity contribution >= 4 is 7.85 Å². The SMILES string of the molecule is [B]C1OC(CO)C(OC)C1CCC. The average Bonchev–Trinajstić information content (AvgIpc) is 2.44. The first-order valence-corrected chi connectivity index (χ1v) is 4.79. The third-order valence-electron chi connectivity index (χ3n) is 2.62. The van der Waals surface area contributed by atoms with Crippen molar-refractivity contribution in [3.63, 3.8) is 0 Å². The standard InChI is InChI=1S/C9H17BO3/c1-3-4-6-8(12-2)7(5-11)13-9(6)10/h6-9,11H,3-5H2,1-2H3. The molecule has 1 fully saturated rings. The minimum atomic E-state index is -0.290. The number of rotatable bonds is 4. The molecule has 0 aromatic carbocycles. The highest BCUT2D eigenvalue weighted by Gasteiger charge is 2.40. The predicted octanol–water partition coefficient (Wildman–Crippen LogP) is 0.303. The van der Waals surface area contributed by atoms with E-state index < -0.39 is 0 Å². The van der Waals surface area contributed by atoms with Gasteiger partial charge in [-0.2, -0.15) is 0 Å². The lowest BCUT2D eigenvalue weighted by Gasteiger charge is -2.20. The summed E-state index contributed by atoms with van der Waals surface area (Å²) in [6.07, 6.45) is 1.73. The largest absolute Gasteiger partial charge is 0.394 e. The van der Waals surface area contributed by atoms with E-state index in [1.807, 2.05) is 0 Å². The number of hydrogen-bond donors (Lipinski definition) is 1. The number of aliphatic hydroxyl groups excluding tert-OH is 1.